The van der Waals surface area contributed by atoms with Crippen LogP contribution < -0.4 is 14.8 Å². The Hall–Kier alpha value is -2.58. The van der Waals surface area contributed by atoms with E-state index in [0.29, 0.717) is 18.1 Å². The van der Waals surface area contributed by atoms with Crippen molar-refractivity contribution >= 4 is 26.9 Å². The molecule has 3 aromatic rings. The first kappa shape index (κ1) is 16.3. The molecule has 0 saturated heterocycles. The molecule has 1 aromatic carbocycles. The number of aromatic nitrogens is 2. The molecule has 8 heteroatoms. The molecule has 0 fully saturated rings. The third kappa shape index (κ3) is 3.66. The number of H-pyrrole nitrogens is 1. The number of benzene rings is 1. The minimum Gasteiger partial charge on any atom is -0.497 e. The average Bonchev–Trinajstić information content (AvgIpc) is 3.06. The van der Waals surface area contributed by atoms with E-state index < -0.39 is 10.0 Å². The van der Waals surface area contributed by atoms with E-state index in [2.05, 4.69) is 20.0 Å². The molecule has 0 aliphatic heterocycles. The van der Waals surface area contributed by atoms with Gasteiger partial charge in [0.1, 0.15) is 17.2 Å². The molecular formula is C16H18N4O3S. The molecule has 0 saturated carbocycles. The van der Waals surface area contributed by atoms with Crippen molar-refractivity contribution in [1.82, 2.24) is 14.7 Å². The van der Waals surface area contributed by atoms with Crippen LogP contribution in [0.15, 0.2) is 53.6 Å². The number of nitrogens with one attached hydrogen (secondary N) is 3. The Balaban J connectivity index is 1.54. The minimum absolute atomic E-state index is 0.203. The van der Waals surface area contributed by atoms with E-state index in [1.54, 1.807) is 12.1 Å². The summed E-state index contributed by atoms with van der Waals surface area (Å²) >= 11 is 0. The number of aromatic amines is 1. The van der Waals surface area contributed by atoms with E-state index in [9.17, 15) is 8.42 Å². The summed E-state index contributed by atoms with van der Waals surface area (Å²) in [5.41, 5.74) is 0.791. The lowest BCUT2D eigenvalue weighted by atomic mass is 10.3. The van der Waals surface area contributed by atoms with Crippen molar-refractivity contribution in [2.24, 2.45) is 0 Å². The second-order valence-electron chi connectivity index (χ2n) is 5.11. The van der Waals surface area contributed by atoms with Crippen molar-refractivity contribution < 1.29 is 13.2 Å². The molecule has 0 radical (unpaired) electrons. The number of nitrogens with zero attached hydrogens (tertiary/aromatic N) is 1. The molecule has 0 aliphatic carbocycles. The van der Waals surface area contributed by atoms with E-state index >= 15 is 0 Å². The van der Waals surface area contributed by atoms with Crippen LogP contribution in [0.25, 0.3) is 11.0 Å². The predicted molar refractivity (Wildman–Crippen MR) is 92.8 cm³/mol. The van der Waals surface area contributed by atoms with E-state index in [1.165, 1.54) is 19.2 Å². The van der Waals surface area contributed by atoms with Gasteiger partial charge in [-0.3, -0.25) is 0 Å². The first-order chi connectivity index (χ1) is 11.6. The van der Waals surface area contributed by atoms with E-state index in [1.807, 2.05) is 24.4 Å². The maximum atomic E-state index is 12.2. The molecule has 0 amide bonds. The lowest BCUT2D eigenvalue weighted by molar-refractivity contribution is 0.414. The first-order valence-electron chi connectivity index (χ1n) is 7.40. The van der Waals surface area contributed by atoms with Crippen molar-refractivity contribution in [3.05, 3.63) is 48.7 Å². The Morgan fingerprint density at radius 2 is 1.88 bits per heavy atom. The zero-order chi connectivity index (χ0) is 17.0. The van der Waals surface area contributed by atoms with E-state index in [-0.39, 0.29) is 11.4 Å². The summed E-state index contributed by atoms with van der Waals surface area (Å²) in [4.78, 5) is 7.62. The Bertz CT molecular complexity index is 920. The van der Waals surface area contributed by atoms with Crippen LogP contribution in [0, 0.1) is 0 Å². The van der Waals surface area contributed by atoms with Gasteiger partial charge in [-0.25, -0.2) is 18.1 Å². The van der Waals surface area contributed by atoms with Crippen molar-refractivity contribution in [3.8, 4) is 5.75 Å². The van der Waals surface area contributed by atoms with Gasteiger partial charge in [0, 0.05) is 24.7 Å². The number of fused-ring (bicyclic) bond motifs is 1. The molecule has 0 atom stereocenters. The Morgan fingerprint density at radius 3 is 2.62 bits per heavy atom. The molecule has 3 rings (SSSR count). The quantitative estimate of drug-likeness (QED) is 0.568. The van der Waals surface area contributed by atoms with Crippen LogP contribution in [0.4, 0.5) is 5.82 Å². The lowest BCUT2D eigenvalue weighted by Gasteiger charge is -2.09. The fraction of sp³-hybridized carbons (Fsp3) is 0.188. The first-order valence-corrected chi connectivity index (χ1v) is 8.88. The van der Waals surface area contributed by atoms with E-state index in [0.717, 1.165) is 11.0 Å². The number of pyridine rings is 1. The monoisotopic (exact) mass is 346 g/mol. The molecule has 126 valence electrons. The van der Waals surface area contributed by atoms with Crippen LogP contribution in [0.1, 0.15) is 0 Å². The van der Waals surface area contributed by atoms with Gasteiger partial charge in [0.05, 0.1) is 12.0 Å². The molecule has 0 aliphatic rings. The summed E-state index contributed by atoms with van der Waals surface area (Å²) in [6.45, 7) is 0.674. The van der Waals surface area contributed by atoms with Crippen molar-refractivity contribution in [3.63, 3.8) is 0 Å². The SMILES string of the molecule is COc1ccc(S(=O)(=O)NCCNc2ccc3cc[nH]c3n2)cc1. The number of sulfonamides is 1. The fourth-order valence-corrected chi connectivity index (χ4v) is 3.27. The number of methoxy groups -OCH3 is 1. The van der Waals surface area contributed by atoms with Gasteiger partial charge in [-0.15, -0.1) is 0 Å². The molecular weight excluding hydrogens is 328 g/mol. The minimum atomic E-state index is -3.54. The highest BCUT2D eigenvalue weighted by Gasteiger charge is 2.13. The summed E-state index contributed by atoms with van der Waals surface area (Å²) < 4.78 is 31.9. The number of hydrogen-bond donors (Lipinski definition) is 3. The largest absolute Gasteiger partial charge is 0.497 e. The fourth-order valence-electron chi connectivity index (χ4n) is 2.24. The van der Waals surface area contributed by atoms with Gasteiger partial charge in [-0.05, 0) is 42.5 Å². The highest BCUT2D eigenvalue weighted by Crippen LogP contribution is 2.15. The Labute approximate surface area is 140 Å². The van der Waals surface area contributed by atoms with Crippen molar-refractivity contribution in [2.75, 3.05) is 25.5 Å². The van der Waals surface area contributed by atoms with Crippen LogP contribution in [-0.2, 0) is 10.0 Å². The molecule has 24 heavy (non-hydrogen) atoms. The van der Waals surface area contributed by atoms with Gasteiger partial charge in [-0.2, -0.15) is 0 Å². The summed E-state index contributed by atoms with van der Waals surface area (Å²) in [6, 6.07) is 12.0. The summed E-state index contributed by atoms with van der Waals surface area (Å²) in [5.74, 6) is 1.30. The van der Waals surface area contributed by atoms with E-state index in [4.69, 9.17) is 4.74 Å². The predicted octanol–water partition coefficient (Wildman–Crippen LogP) is 1.96. The topological polar surface area (TPSA) is 96.1 Å². The standard InChI is InChI=1S/C16H18N4O3S/c1-23-13-3-5-14(6-4-13)24(21,22)19-11-10-17-15-7-2-12-8-9-18-16(12)20-15/h2-9,19H,10-11H2,1H3,(H2,17,18,20). The third-order valence-electron chi connectivity index (χ3n) is 3.50. The molecule has 2 aromatic heterocycles. The summed E-state index contributed by atoms with van der Waals surface area (Å²) in [5, 5.41) is 4.12. The Kier molecular flexibility index (Phi) is 4.68. The molecule has 3 N–H and O–H groups in total. The van der Waals surface area contributed by atoms with Gasteiger partial charge in [-0.1, -0.05) is 0 Å². The number of hydrogen-bond acceptors (Lipinski definition) is 5. The van der Waals surface area contributed by atoms with Crippen molar-refractivity contribution in [1.29, 1.82) is 0 Å². The summed E-state index contributed by atoms with van der Waals surface area (Å²) in [7, 11) is -2.00. The smallest absolute Gasteiger partial charge is 0.240 e. The van der Waals surface area contributed by atoms with Crippen LogP contribution >= 0.6 is 0 Å². The second-order valence-corrected chi connectivity index (χ2v) is 6.88. The summed E-state index contributed by atoms with van der Waals surface area (Å²) in [6.07, 6.45) is 1.82. The highest BCUT2D eigenvalue weighted by molar-refractivity contribution is 7.89. The third-order valence-corrected chi connectivity index (χ3v) is 4.98. The molecule has 0 spiro atoms. The lowest BCUT2D eigenvalue weighted by Crippen LogP contribution is -2.29. The molecule has 7 nitrogen and oxygen atoms in total. The van der Waals surface area contributed by atoms with Gasteiger partial charge >= 0.3 is 0 Å². The number of rotatable bonds is 7. The van der Waals surface area contributed by atoms with Crippen molar-refractivity contribution in [2.45, 2.75) is 4.90 Å². The van der Waals surface area contributed by atoms with Gasteiger partial charge < -0.3 is 15.0 Å². The molecule has 0 unspecified atom stereocenters. The zero-order valence-corrected chi connectivity index (χ0v) is 13.9. The van der Waals surface area contributed by atoms with Gasteiger partial charge in [0.2, 0.25) is 10.0 Å². The van der Waals surface area contributed by atoms with Gasteiger partial charge in [0.25, 0.3) is 0 Å². The maximum Gasteiger partial charge on any atom is 0.240 e. The highest BCUT2D eigenvalue weighted by atomic mass is 32.2. The van der Waals surface area contributed by atoms with Crippen LogP contribution in [0.3, 0.4) is 0 Å². The maximum absolute atomic E-state index is 12.2. The zero-order valence-electron chi connectivity index (χ0n) is 13.1. The number of anilines is 1. The van der Waals surface area contributed by atoms with Gasteiger partial charge in [0.15, 0.2) is 0 Å². The van der Waals surface area contributed by atoms with Crippen LogP contribution in [0.2, 0.25) is 0 Å². The van der Waals surface area contributed by atoms with Crippen LogP contribution in [0.5, 0.6) is 5.75 Å². The molecule has 2 heterocycles. The number of ether oxygens (including phenoxy) is 1. The molecule has 0 bridgehead atoms. The average molecular weight is 346 g/mol. The normalized spacial score (nSPS) is 11.5. The Morgan fingerprint density at radius 1 is 1.08 bits per heavy atom. The van der Waals surface area contributed by atoms with Crippen LogP contribution in [-0.4, -0.2) is 38.6 Å². The second kappa shape index (κ2) is 6.90.